The van der Waals surface area contributed by atoms with Gasteiger partial charge in [0.1, 0.15) is 10.8 Å². The molecular formula is C15H15FN2S. The molecule has 2 nitrogen and oxygen atoms in total. The van der Waals surface area contributed by atoms with Crippen LogP contribution >= 0.6 is 12.2 Å². The minimum atomic E-state index is -0.222. The fourth-order valence-corrected chi connectivity index (χ4v) is 2.09. The second-order valence-electron chi connectivity index (χ2n) is 4.37. The number of halogens is 1. The Morgan fingerprint density at radius 1 is 1.21 bits per heavy atom. The van der Waals surface area contributed by atoms with Crippen LogP contribution in [0.2, 0.25) is 0 Å². The number of anilines is 1. The van der Waals surface area contributed by atoms with Gasteiger partial charge in [-0.2, -0.15) is 0 Å². The topological polar surface area (TPSA) is 38.0 Å². The van der Waals surface area contributed by atoms with E-state index in [0.717, 1.165) is 22.4 Å². The van der Waals surface area contributed by atoms with Gasteiger partial charge in [-0.25, -0.2) is 4.39 Å². The van der Waals surface area contributed by atoms with Crippen LogP contribution in [0.15, 0.2) is 42.5 Å². The van der Waals surface area contributed by atoms with E-state index in [1.807, 2.05) is 25.1 Å². The Hall–Kier alpha value is -1.94. The molecule has 0 amide bonds. The summed E-state index contributed by atoms with van der Waals surface area (Å²) in [6, 6.07) is 12.3. The Bertz CT molecular complexity index is 594. The molecule has 0 aliphatic rings. The minimum absolute atomic E-state index is 0.222. The Balaban J connectivity index is 2.06. The first kappa shape index (κ1) is 13.5. The van der Waals surface area contributed by atoms with Gasteiger partial charge in [0.15, 0.2) is 0 Å². The Kier molecular flexibility index (Phi) is 4.12. The van der Waals surface area contributed by atoms with E-state index in [-0.39, 0.29) is 5.82 Å². The number of benzene rings is 2. The van der Waals surface area contributed by atoms with E-state index in [4.69, 9.17) is 18.0 Å². The highest BCUT2D eigenvalue weighted by Gasteiger charge is 2.02. The predicted molar refractivity (Wildman–Crippen MR) is 80.8 cm³/mol. The molecule has 2 aromatic rings. The third-order valence-corrected chi connectivity index (χ3v) is 3.12. The zero-order chi connectivity index (χ0) is 13.8. The highest BCUT2D eigenvalue weighted by Crippen LogP contribution is 2.16. The molecule has 19 heavy (non-hydrogen) atoms. The molecule has 0 saturated heterocycles. The molecular weight excluding hydrogens is 259 g/mol. The van der Waals surface area contributed by atoms with E-state index in [2.05, 4.69) is 5.32 Å². The van der Waals surface area contributed by atoms with Gasteiger partial charge < -0.3 is 11.1 Å². The summed E-state index contributed by atoms with van der Waals surface area (Å²) < 4.78 is 12.8. The van der Waals surface area contributed by atoms with Crippen molar-refractivity contribution < 1.29 is 4.39 Å². The van der Waals surface area contributed by atoms with Crippen molar-refractivity contribution in [1.29, 1.82) is 0 Å². The lowest BCUT2D eigenvalue weighted by atomic mass is 10.1. The fraction of sp³-hybridized carbons (Fsp3) is 0.133. The number of hydrogen-bond donors (Lipinski definition) is 2. The van der Waals surface area contributed by atoms with Crippen molar-refractivity contribution in [2.24, 2.45) is 5.73 Å². The summed E-state index contributed by atoms with van der Waals surface area (Å²) in [6.45, 7) is 2.61. The lowest BCUT2D eigenvalue weighted by molar-refractivity contribution is 0.627. The lowest BCUT2D eigenvalue weighted by Crippen LogP contribution is -2.11. The number of thiocarbonyl (C=S) groups is 1. The van der Waals surface area contributed by atoms with Crippen molar-refractivity contribution in [2.75, 3.05) is 5.32 Å². The average molecular weight is 274 g/mol. The van der Waals surface area contributed by atoms with Crippen LogP contribution in [0.1, 0.15) is 16.7 Å². The molecule has 2 rings (SSSR count). The Morgan fingerprint density at radius 2 is 1.89 bits per heavy atom. The van der Waals surface area contributed by atoms with Crippen molar-refractivity contribution in [3.63, 3.8) is 0 Å². The normalized spacial score (nSPS) is 10.2. The molecule has 0 atom stereocenters. The van der Waals surface area contributed by atoms with Crippen molar-refractivity contribution in [3.05, 3.63) is 65.0 Å². The van der Waals surface area contributed by atoms with Gasteiger partial charge in [-0.3, -0.25) is 0 Å². The van der Waals surface area contributed by atoms with Crippen molar-refractivity contribution in [2.45, 2.75) is 13.5 Å². The smallest absolute Gasteiger partial charge is 0.123 e. The largest absolute Gasteiger partial charge is 0.389 e. The molecule has 4 heteroatoms. The molecule has 98 valence electrons. The van der Waals surface area contributed by atoms with Crippen LogP contribution in [-0.4, -0.2) is 4.99 Å². The van der Waals surface area contributed by atoms with Crippen molar-refractivity contribution in [1.82, 2.24) is 0 Å². The SMILES string of the molecule is Cc1cc(NCc2ccc(F)cc2)ccc1C(N)=S. The second kappa shape index (κ2) is 5.80. The first-order valence-corrected chi connectivity index (χ1v) is 6.36. The van der Waals surface area contributed by atoms with Crippen molar-refractivity contribution in [3.8, 4) is 0 Å². The van der Waals surface area contributed by atoms with Crippen LogP contribution < -0.4 is 11.1 Å². The summed E-state index contributed by atoms with van der Waals surface area (Å²) in [7, 11) is 0. The molecule has 0 spiro atoms. The van der Waals surface area contributed by atoms with Gasteiger partial charge in [-0.1, -0.05) is 24.4 Å². The van der Waals surface area contributed by atoms with Crippen molar-refractivity contribution >= 4 is 22.9 Å². The van der Waals surface area contributed by atoms with Gasteiger partial charge in [0, 0.05) is 17.8 Å². The standard InChI is InChI=1S/C15H15FN2S/c1-10-8-13(6-7-14(10)15(17)19)18-9-11-2-4-12(16)5-3-11/h2-8,18H,9H2,1H3,(H2,17,19). The third kappa shape index (κ3) is 3.51. The molecule has 3 N–H and O–H groups in total. The summed E-state index contributed by atoms with van der Waals surface area (Å²) in [5, 5.41) is 3.28. The second-order valence-corrected chi connectivity index (χ2v) is 4.81. The molecule has 0 heterocycles. The molecule has 0 saturated carbocycles. The molecule has 2 aromatic carbocycles. The number of hydrogen-bond acceptors (Lipinski definition) is 2. The Morgan fingerprint density at radius 3 is 2.47 bits per heavy atom. The van der Waals surface area contributed by atoms with Crippen LogP contribution in [0.25, 0.3) is 0 Å². The molecule has 0 unspecified atom stereocenters. The maximum atomic E-state index is 12.8. The predicted octanol–water partition coefficient (Wildman–Crippen LogP) is 3.38. The van der Waals surface area contributed by atoms with E-state index < -0.39 is 0 Å². The van der Waals surface area contributed by atoms with Crippen LogP contribution in [0, 0.1) is 12.7 Å². The molecule has 0 aliphatic carbocycles. The highest BCUT2D eigenvalue weighted by molar-refractivity contribution is 7.80. The van der Waals surface area contributed by atoms with Gasteiger partial charge in [-0.15, -0.1) is 0 Å². The lowest BCUT2D eigenvalue weighted by Gasteiger charge is -2.10. The van der Waals surface area contributed by atoms with Gasteiger partial charge in [0.25, 0.3) is 0 Å². The zero-order valence-corrected chi connectivity index (χ0v) is 11.4. The van der Waals surface area contributed by atoms with Crippen LogP contribution in [0.3, 0.4) is 0 Å². The first-order chi connectivity index (χ1) is 9.06. The van der Waals surface area contributed by atoms with E-state index in [1.165, 1.54) is 12.1 Å². The summed E-state index contributed by atoms with van der Waals surface area (Å²) in [5.74, 6) is -0.222. The number of rotatable bonds is 4. The van der Waals surface area contributed by atoms with Gasteiger partial charge in [-0.05, 0) is 48.4 Å². The molecule has 0 fully saturated rings. The summed E-state index contributed by atoms with van der Waals surface area (Å²) >= 11 is 4.97. The third-order valence-electron chi connectivity index (χ3n) is 2.90. The maximum absolute atomic E-state index is 12.8. The number of nitrogens with one attached hydrogen (secondary N) is 1. The minimum Gasteiger partial charge on any atom is -0.389 e. The van der Waals surface area contributed by atoms with Crippen LogP contribution in [0.5, 0.6) is 0 Å². The average Bonchev–Trinajstić information content (AvgIpc) is 2.37. The monoisotopic (exact) mass is 274 g/mol. The van der Waals surface area contributed by atoms with Crippen LogP contribution in [0.4, 0.5) is 10.1 Å². The van der Waals surface area contributed by atoms with Gasteiger partial charge in [0.2, 0.25) is 0 Å². The molecule has 0 aromatic heterocycles. The Labute approximate surface area is 117 Å². The number of nitrogens with two attached hydrogens (primary N) is 1. The van der Waals surface area contributed by atoms with Gasteiger partial charge >= 0.3 is 0 Å². The molecule has 0 bridgehead atoms. The van der Waals surface area contributed by atoms with E-state index in [9.17, 15) is 4.39 Å². The van der Waals surface area contributed by atoms with Gasteiger partial charge in [0.05, 0.1) is 0 Å². The molecule has 0 radical (unpaired) electrons. The molecule has 0 aliphatic heterocycles. The summed E-state index contributed by atoms with van der Waals surface area (Å²) in [4.78, 5) is 0.405. The number of aryl methyl sites for hydroxylation is 1. The summed E-state index contributed by atoms with van der Waals surface area (Å²) in [6.07, 6.45) is 0. The summed E-state index contributed by atoms with van der Waals surface area (Å²) in [5.41, 5.74) is 9.56. The quantitative estimate of drug-likeness (QED) is 0.839. The first-order valence-electron chi connectivity index (χ1n) is 5.95. The zero-order valence-electron chi connectivity index (χ0n) is 10.6. The van der Waals surface area contributed by atoms with E-state index in [1.54, 1.807) is 12.1 Å². The van der Waals surface area contributed by atoms with Crippen LogP contribution in [-0.2, 0) is 6.54 Å². The maximum Gasteiger partial charge on any atom is 0.123 e. The fourth-order valence-electron chi connectivity index (χ4n) is 1.86. The van der Waals surface area contributed by atoms with E-state index in [0.29, 0.717) is 11.5 Å². The highest BCUT2D eigenvalue weighted by atomic mass is 32.1. The van der Waals surface area contributed by atoms with E-state index >= 15 is 0 Å².